The van der Waals surface area contributed by atoms with Crippen molar-refractivity contribution in [1.82, 2.24) is 0 Å². The maximum Gasteiger partial charge on any atom is 0.317 e. The topological polar surface area (TPSA) is 55.4 Å². The summed E-state index contributed by atoms with van der Waals surface area (Å²) in [7, 11) is 0. The molecular formula is C20H17Cl3FNO3. The second kappa shape index (κ2) is 8.68. The van der Waals surface area contributed by atoms with Crippen molar-refractivity contribution in [2.24, 2.45) is 0 Å². The molecule has 0 aliphatic heterocycles. The molecule has 2 aromatic carbocycles. The quantitative estimate of drug-likeness (QED) is 0.595. The van der Waals surface area contributed by atoms with Gasteiger partial charge in [-0.25, -0.2) is 4.39 Å². The summed E-state index contributed by atoms with van der Waals surface area (Å²) < 4.78 is 19.6. The number of anilines is 1. The van der Waals surface area contributed by atoms with Crippen molar-refractivity contribution in [3.05, 3.63) is 62.8 Å². The Hall–Kier alpha value is -1.82. The number of carbonyl (C=O) groups excluding carboxylic acids is 2. The second-order valence-corrected chi connectivity index (χ2v) is 7.89. The molecule has 0 bridgehead atoms. The highest BCUT2D eigenvalue weighted by atomic mass is 35.5. The molecule has 8 heteroatoms. The van der Waals surface area contributed by atoms with Crippen molar-refractivity contribution in [1.29, 1.82) is 0 Å². The van der Waals surface area contributed by atoms with Gasteiger partial charge in [0.25, 0.3) is 5.91 Å². The molecule has 0 atom stereocenters. The number of benzene rings is 2. The van der Waals surface area contributed by atoms with Crippen molar-refractivity contribution in [3.63, 3.8) is 0 Å². The van der Waals surface area contributed by atoms with Crippen LogP contribution in [0, 0.1) is 5.82 Å². The third kappa shape index (κ3) is 4.27. The molecule has 0 radical (unpaired) electrons. The van der Waals surface area contributed by atoms with E-state index in [9.17, 15) is 14.0 Å². The maximum absolute atomic E-state index is 14.3. The van der Waals surface area contributed by atoms with Crippen LogP contribution >= 0.6 is 34.8 Å². The number of hydrogen-bond acceptors (Lipinski definition) is 3. The van der Waals surface area contributed by atoms with Crippen molar-refractivity contribution in [3.8, 4) is 0 Å². The van der Waals surface area contributed by atoms with Crippen LogP contribution in [0.15, 0.2) is 36.4 Å². The van der Waals surface area contributed by atoms with E-state index in [4.69, 9.17) is 39.5 Å². The number of halogens is 4. The molecule has 2 aromatic rings. The first-order valence-corrected chi connectivity index (χ1v) is 9.83. The van der Waals surface area contributed by atoms with Crippen LogP contribution in [0.1, 0.15) is 31.2 Å². The van der Waals surface area contributed by atoms with Gasteiger partial charge >= 0.3 is 5.97 Å². The summed E-state index contributed by atoms with van der Waals surface area (Å²) in [4.78, 5) is 25.0. The molecule has 1 aliphatic rings. The van der Waals surface area contributed by atoms with Gasteiger partial charge in [0.2, 0.25) is 0 Å². The summed E-state index contributed by atoms with van der Waals surface area (Å²) in [5, 5.41) is 3.15. The van der Waals surface area contributed by atoms with Crippen LogP contribution in [0.4, 0.5) is 10.1 Å². The first kappa shape index (κ1) is 20.9. The zero-order valence-corrected chi connectivity index (χ0v) is 17.0. The first-order chi connectivity index (χ1) is 13.3. The van der Waals surface area contributed by atoms with Crippen LogP contribution in [0.3, 0.4) is 0 Å². The van der Waals surface area contributed by atoms with E-state index in [0.29, 0.717) is 23.4 Å². The maximum atomic E-state index is 14.3. The summed E-state index contributed by atoms with van der Waals surface area (Å²) in [5.74, 6) is -1.68. The lowest BCUT2D eigenvalue weighted by Gasteiger charge is -2.27. The van der Waals surface area contributed by atoms with Crippen LogP contribution in [-0.4, -0.2) is 18.5 Å². The Morgan fingerprint density at radius 3 is 2.29 bits per heavy atom. The van der Waals surface area contributed by atoms with E-state index >= 15 is 0 Å². The van der Waals surface area contributed by atoms with E-state index < -0.39 is 29.7 Å². The highest BCUT2D eigenvalue weighted by Crippen LogP contribution is 2.43. The van der Waals surface area contributed by atoms with Gasteiger partial charge in [0.1, 0.15) is 5.82 Å². The summed E-state index contributed by atoms with van der Waals surface area (Å²) in [6.45, 7) is -0.537. The molecule has 0 spiro atoms. The third-order valence-corrected chi connectivity index (χ3v) is 5.66. The average molecular weight is 445 g/mol. The Morgan fingerprint density at radius 1 is 1.07 bits per heavy atom. The van der Waals surface area contributed by atoms with Crippen LogP contribution in [0.5, 0.6) is 0 Å². The second-order valence-electron chi connectivity index (χ2n) is 6.64. The number of rotatable bonds is 5. The van der Waals surface area contributed by atoms with Crippen LogP contribution in [-0.2, 0) is 19.7 Å². The molecule has 0 heterocycles. The summed E-state index contributed by atoms with van der Waals surface area (Å²) in [5.41, 5.74) is -0.582. The summed E-state index contributed by atoms with van der Waals surface area (Å²) >= 11 is 17.9. The van der Waals surface area contributed by atoms with E-state index in [1.165, 1.54) is 18.2 Å². The van der Waals surface area contributed by atoms with E-state index in [0.717, 1.165) is 12.8 Å². The van der Waals surface area contributed by atoms with Gasteiger partial charge in [-0.05, 0) is 31.0 Å². The Labute approximate surface area is 176 Å². The number of nitrogens with one attached hydrogen (secondary N) is 1. The van der Waals surface area contributed by atoms with Gasteiger partial charge in [-0.1, -0.05) is 65.8 Å². The fourth-order valence-electron chi connectivity index (χ4n) is 3.52. The number of carbonyl (C=O) groups is 2. The molecule has 4 nitrogen and oxygen atoms in total. The predicted octanol–water partition coefficient (Wildman–Crippen LogP) is 5.78. The molecule has 148 valence electrons. The van der Waals surface area contributed by atoms with E-state index in [2.05, 4.69) is 5.32 Å². The lowest BCUT2D eigenvalue weighted by Crippen LogP contribution is -2.37. The largest absolute Gasteiger partial charge is 0.455 e. The van der Waals surface area contributed by atoms with Gasteiger partial charge in [-0.2, -0.15) is 0 Å². The standard InChI is InChI=1S/C20H17Cl3FNO3/c21-12-9-14(22)18(15(23)10-12)25-17(26)11-28-19(27)20(7-3-4-8-20)13-5-1-2-6-16(13)24/h1-2,5-6,9-10H,3-4,7-8,11H2,(H,25,26). The van der Waals surface area contributed by atoms with Gasteiger partial charge in [-0.3, -0.25) is 9.59 Å². The number of ether oxygens (including phenoxy) is 1. The van der Waals surface area contributed by atoms with Crippen LogP contribution in [0.2, 0.25) is 15.1 Å². The van der Waals surface area contributed by atoms with Gasteiger partial charge < -0.3 is 10.1 Å². The fourth-order valence-corrected chi connectivity index (χ4v) is 4.43. The summed E-state index contributed by atoms with van der Waals surface area (Å²) in [6, 6.07) is 9.03. The minimum Gasteiger partial charge on any atom is -0.455 e. The zero-order valence-electron chi connectivity index (χ0n) is 14.7. The van der Waals surface area contributed by atoms with Gasteiger partial charge in [0.05, 0.1) is 21.1 Å². The molecule has 1 aliphatic carbocycles. The average Bonchev–Trinajstić information content (AvgIpc) is 3.14. The van der Waals surface area contributed by atoms with E-state index in [1.807, 2.05) is 0 Å². The Morgan fingerprint density at radius 2 is 1.68 bits per heavy atom. The SMILES string of the molecule is O=C(COC(=O)C1(c2ccccc2F)CCCC1)Nc1c(Cl)cc(Cl)cc1Cl. The molecular weight excluding hydrogens is 428 g/mol. The molecule has 0 unspecified atom stereocenters. The predicted molar refractivity (Wildman–Crippen MR) is 108 cm³/mol. The fraction of sp³-hybridized carbons (Fsp3) is 0.300. The molecule has 1 fully saturated rings. The zero-order chi connectivity index (χ0) is 20.3. The van der Waals surface area contributed by atoms with Crippen LogP contribution < -0.4 is 5.32 Å². The van der Waals surface area contributed by atoms with Gasteiger partial charge in [0.15, 0.2) is 6.61 Å². The van der Waals surface area contributed by atoms with Crippen molar-refractivity contribution < 1.29 is 18.7 Å². The van der Waals surface area contributed by atoms with Crippen molar-refractivity contribution in [2.45, 2.75) is 31.1 Å². The van der Waals surface area contributed by atoms with Gasteiger partial charge in [-0.15, -0.1) is 0 Å². The molecule has 1 saturated carbocycles. The molecule has 0 aromatic heterocycles. The van der Waals surface area contributed by atoms with Crippen molar-refractivity contribution in [2.75, 3.05) is 11.9 Å². The minimum absolute atomic E-state index is 0.163. The molecule has 3 rings (SSSR count). The number of esters is 1. The highest BCUT2D eigenvalue weighted by molar-refractivity contribution is 6.42. The number of amides is 1. The lowest BCUT2D eigenvalue weighted by atomic mass is 9.78. The van der Waals surface area contributed by atoms with E-state index in [1.54, 1.807) is 18.2 Å². The molecule has 0 saturated heterocycles. The Kier molecular flexibility index (Phi) is 6.48. The third-order valence-electron chi connectivity index (χ3n) is 4.84. The number of hydrogen-bond donors (Lipinski definition) is 1. The van der Waals surface area contributed by atoms with Gasteiger partial charge in [0, 0.05) is 10.6 Å². The summed E-state index contributed by atoms with van der Waals surface area (Å²) in [6.07, 6.45) is 2.52. The van der Waals surface area contributed by atoms with Crippen LogP contribution in [0.25, 0.3) is 0 Å². The monoisotopic (exact) mass is 443 g/mol. The Bertz CT molecular complexity index is 890. The highest BCUT2D eigenvalue weighted by Gasteiger charge is 2.45. The first-order valence-electron chi connectivity index (χ1n) is 8.70. The molecule has 1 N–H and O–H groups in total. The normalized spacial score (nSPS) is 15.3. The molecule has 28 heavy (non-hydrogen) atoms. The lowest BCUT2D eigenvalue weighted by molar-refractivity contribution is -0.153. The van der Waals surface area contributed by atoms with E-state index in [-0.39, 0.29) is 15.7 Å². The molecule has 1 amide bonds. The van der Waals surface area contributed by atoms with Crippen molar-refractivity contribution >= 4 is 52.4 Å². The Balaban J connectivity index is 1.71. The minimum atomic E-state index is -1.07. The smallest absolute Gasteiger partial charge is 0.317 e.